The second-order valence-corrected chi connectivity index (χ2v) is 8.43. The monoisotopic (exact) mass is 477 g/mol. The fourth-order valence-electron chi connectivity index (χ4n) is 2.30. The predicted octanol–water partition coefficient (Wildman–Crippen LogP) is 5.97. The first-order chi connectivity index (χ1) is 13.7. The van der Waals surface area contributed by atoms with Crippen molar-refractivity contribution in [2.45, 2.75) is 17.6 Å². The molecule has 0 spiro atoms. The van der Waals surface area contributed by atoms with Crippen LogP contribution in [0.15, 0.2) is 68.0 Å². The second kappa shape index (κ2) is 8.85. The van der Waals surface area contributed by atoms with Crippen molar-refractivity contribution in [2.24, 2.45) is 0 Å². The average molecular weight is 478 g/mol. The standard InChI is InChI=1S/C19H13BrFN3O2S2/c20-13-3-1-2-12(8-13)18-23-24-19(26-18)28-11-15-10-27-17(22-15)9-25-16-6-4-14(21)5-7-16/h1-8,10H,9,11H2. The van der Waals surface area contributed by atoms with Crippen LogP contribution in [0.2, 0.25) is 0 Å². The number of rotatable bonds is 7. The second-order valence-electron chi connectivity index (χ2n) is 5.65. The van der Waals surface area contributed by atoms with Gasteiger partial charge in [0.1, 0.15) is 23.2 Å². The van der Waals surface area contributed by atoms with E-state index in [-0.39, 0.29) is 5.82 Å². The average Bonchev–Trinajstić information content (AvgIpc) is 3.35. The number of thiazole rings is 1. The molecule has 5 nitrogen and oxygen atoms in total. The van der Waals surface area contributed by atoms with Crippen LogP contribution in [0.1, 0.15) is 10.7 Å². The Morgan fingerprint density at radius 3 is 2.82 bits per heavy atom. The van der Waals surface area contributed by atoms with Crippen LogP contribution in [0, 0.1) is 5.82 Å². The highest BCUT2D eigenvalue weighted by atomic mass is 79.9. The van der Waals surface area contributed by atoms with Gasteiger partial charge < -0.3 is 9.15 Å². The van der Waals surface area contributed by atoms with Crippen LogP contribution in [0.4, 0.5) is 4.39 Å². The number of nitrogens with zero attached hydrogens (tertiary/aromatic N) is 3. The van der Waals surface area contributed by atoms with Gasteiger partial charge in [-0.15, -0.1) is 21.5 Å². The van der Waals surface area contributed by atoms with Crippen LogP contribution in [0.3, 0.4) is 0 Å². The molecule has 28 heavy (non-hydrogen) atoms. The van der Waals surface area contributed by atoms with Crippen LogP contribution in [0.25, 0.3) is 11.5 Å². The lowest BCUT2D eigenvalue weighted by molar-refractivity contribution is 0.305. The molecule has 9 heteroatoms. The van der Waals surface area contributed by atoms with Crippen molar-refractivity contribution in [3.05, 3.63) is 74.9 Å². The third kappa shape index (κ3) is 4.98. The zero-order valence-electron chi connectivity index (χ0n) is 14.3. The fraction of sp³-hybridized carbons (Fsp3) is 0.105. The maximum absolute atomic E-state index is 12.9. The molecular weight excluding hydrogens is 465 g/mol. The van der Waals surface area contributed by atoms with Crippen LogP contribution in [0.5, 0.6) is 5.75 Å². The normalized spacial score (nSPS) is 10.9. The fourth-order valence-corrected chi connectivity index (χ4v) is 4.16. The van der Waals surface area contributed by atoms with Gasteiger partial charge in [0, 0.05) is 21.2 Å². The van der Waals surface area contributed by atoms with Crippen LogP contribution < -0.4 is 4.74 Å². The zero-order valence-corrected chi connectivity index (χ0v) is 17.6. The highest BCUT2D eigenvalue weighted by Crippen LogP contribution is 2.27. The van der Waals surface area contributed by atoms with E-state index in [4.69, 9.17) is 9.15 Å². The number of aromatic nitrogens is 3. The van der Waals surface area contributed by atoms with E-state index in [9.17, 15) is 4.39 Å². The molecule has 2 heterocycles. The Morgan fingerprint density at radius 1 is 1.14 bits per heavy atom. The molecule has 0 saturated heterocycles. The Balaban J connectivity index is 1.31. The van der Waals surface area contributed by atoms with Crippen molar-refractivity contribution in [1.29, 1.82) is 0 Å². The summed E-state index contributed by atoms with van der Waals surface area (Å²) in [5.41, 5.74) is 1.78. The Morgan fingerprint density at radius 2 is 2.00 bits per heavy atom. The maximum atomic E-state index is 12.9. The number of hydrogen-bond acceptors (Lipinski definition) is 7. The van der Waals surface area contributed by atoms with Crippen molar-refractivity contribution in [1.82, 2.24) is 15.2 Å². The molecule has 0 saturated carbocycles. The van der Waals surface area contributed by atoms with Gasteiger partial charge in [0.25, 0.3) is 5.22 Å². The van der Waals surface area contributed by atoms with E-state index in [1.54, 1.807) is 12.1 Å². The van der Waals surface area contributed by atoms with Gasteiger partial charge in [0.05, 0.1) is 5.69 Å². The predicted molar refractivity (Wildman–Crippen MR) is 110 cm³/mol. The van der Waals surface area contributed by atoms with Gasteiger partial charge in [-0.25, -0.2) is 9.37 Å². The Labute approximate surface area is 177 Å². The van der Waals surface area contributed by atoms with Crippen LogP contribution >= 0.6 is 39.0 Å². The molecule has 0 aliphatic heterocycles. The SMILES string of the molecule is Fc1ccc(OCc2nc(CSc3nnc(-c4cccc(Br)c4)o3)cs2)cc1. The number of thioether (sulfide) groups is 1. The summed E-state index contributed by atoms with van der Waals surface area (Å²) in [7, 11) is 0. The van der Waals surface area contributed by atoms with Gasteiger partial charge in [0.15, 0.2) is 0 Å². The molecule has 0 unspecified atom stereocenters. The largest absolute Gasteiger partial charge is 0.486 e. The first-order valence-electron chi connectivity index (χ1n) is 8.19. The van der Waals surface area contributed by atoms with Crippen LogP contribution in [-0.2, 0) is 12.4 Å². The van der Waals surface area contributed by atoms with Gasteiger partial charge in [-0.2, -0.15) is 0 Å². The highest BCUT2D eigenvalue weighted by Gasteiger charge is 2.11. The molecule has 0 aliphatic carbocycles. The quantitative estimate of drug-likeness (QED) is 0.305. The minimum atomic E-state index is -0.287. The molecule has 0 N–H and O–H groups in total. The molecular formula is C19H13BrFN3O2S2. The molecule has 0 atom stereocenters. The van der Waals surface area contributed by atoms with E-state index >= 15 is 0 Å². The minimum absolute atomic E-state index is 0.287. The zero-order chi connectivity index (χ0) is 19.3. The van der Waals surface area contributed by atoms with E-state index < -0.39 is 0 Å². The topological polar surface area (TPSA) is 61.0 Å². The molecule has 0 aliphatic rings. The summed E-state index contributed by atoms with van der Waals surface area (Å²) in [5, 5.41) is 11.5. The van der Waals surface area contributed by atoms with E-state index in [0.717, 1.165) is 20.7 Å². The third-order valence-electron chi connectivity index (χ3n) is 3.60. The number of benzene rings is 2. The summed E-state index contributed by atoms with van der Waals surface area (Å²) < 4.78 is 25.2. The smallest absolute Gasteiger partial charge is 0.277 e. The van der Waals surface area contributed by atoms with E-state index in [0.29, 0.717) is 29.2 Å². The first kappa shape index (κ1) is 19.1. The summed E-state index contributed by atoms with van der Waals surface area (Å²) in [6, 6.07) is 13.6. The summed E-state index contributed by atoms with van der Waals surface area (Å²) in [5.74, 6) is 1.42. The van der Waals surface area contributed by atoms with Crippen molar-refractivity contribution in [3.8, 4) is 17.2 Å². The Hall–Kier alpha value is -2.23. The maximum Gasteiger partial charge on any atom is 0.277 e. The van der Waals surface area contributed by atoms with Gasteiger partial charge in [-0.3, -0.25) is 0 Å². The summed E-state index contributed by atoms with van der Waals surface area (Å²) in [6.07, 6.45) is 0. The number of halogens is 2. The van der Waals surface area contributed by atoms with Gasteiger partial charge >= 0.3 is 0 Å². The first-order valence-corrected chi connectivity index (χ1v) is 10.9. The summed E-state index contributed by atoms with van der Waals surface area (Å²) in [4.78, 5) is 4.54. The molecule has 4 rings (SSSR count). The number of ether oxygens (including phenoxy) is 1. The molecule has 0 bridgehead atoms. The molecule has 0 radical (unpaired) electrons. The Bertz CT molecular complexity index is 1070. The van der Waals surface area contributed by atoms with E-state index in [2.05, 4.69) is 31.1 Å². The lowest BCUT2D eigenvalue weighted by atomic mass is 10.2. The summed E-state index contributed by atoms with van der Waals surface area (Å²) >= 11 is 6.38. The van der Waals surface area contributed by atoms with Crippen molar-refractivity contribution < 1.29 is 13.5 Å². The van der Waals surface area contributed by atoms with Gasteiger partial charge in [-0.05, 0) is 42.5 Å². The molecule has 142 valence electrons. The van der Waals surface area contributed by atoms with Gasteiger partial charge in [-0.1, -0.05) is 33.8 Å². The molecule has 4 aromatic rings. The molecule has 2 aromatic heterocycles. The Kier molecular flexibility index (Phi) is 6.04. The lowest BCUT2D eigenvalue weighted by Crippen LogP contribution is -1.95. The van der Waals surface area contributed by atoms with Crippen molar-refractivity contribution in [2.75, 3.05) is 0 Å². The molecule has 0 amide bonds. The van der Waals surface area contributed by atoms with Crippen LogP contribution in [-0.4, -0.2) is 15.2 Å². The van der Waals surface area contributed by atoms with Gasteiger partial charge in [0.2, 0.25) is 5.89 Å². The minimum Gasteiger partial charge on any atom is -0.486 e. The number of hydrogen-bond donors (Lipinski definition) is 0. The van der Waals surface area contributed by atoms with Crippen molar-refractivity contribution >= 4 is 39.0 Å². The summed E-state index contributed by atoms with van der Waals surface area (Å²) in [6.45, 7) is 0.342. The third-order valence-corrected chi connectivity index (χ3v) is 5.81. The lowest BCUT2D eigenvalue weighted by Gasteiger charge is -2.03. The van der Waals surface area contributed by atoms with E-state index in [1.807, 2.05) is 29.6 Å². The van der Waals surface area contributed by atoms with E-state index in [1.165, 1.54) is 35.2 Å². The molecule has 2 aromatic carbocycles. The van der Waals surface area contributed by atoms with Crippen molar-refractivity contribution in [3.63, 3.8) is 0 Å². The highest BCUT2D eigenvalue weighted by molar-refractivity contribution is 9.10. The molecule has 0 fully saturated rings.